The Kier molecular flexibility index (Phi) is 6.07. The first-order valence-corrected chi connectivity index (χ1v) is 9.44. The topological polar surface area (TPSA) is 71.1 Å². The predicted molar refractivity (Wildman–Crippen MR) is 103 cm³/mol. The Labute approximate surface area is 169 Å². The second-order valence-corrected chi connectivity index (χ2v) is 7.37. The number of ketones is 1. The van der Waals surface area contributed by atoms with Gasteiger partial charge in [0, 0.05) is 18.1 Å². The molecule has 3 rings (SSSR count). The molecule has 1 aromatic rings. The number of hydrogen-bond acceptors (Lipinski definition) is 6. The third kappa shape index (κ3) is 3.79. The van der Waals surface area contributed by atoms with Crippen molar-refractivity contribution in [2.45, 2.75) is 31.8 Å². The molecule has 1 heterocycles. The molecule has 0 radical (unpaired) electrons. The number of hydrogen-bond donors (Lipinski definition) is 0. The summed E-state index contributed by atoms with van der Waals surface area (Å²) in [5, 5.41) is 0. The van der Waals surface area contributed by atoms with Crippen LogP contribution in [-0.2, 0) is 25.4 Å². The van der Waals surface area contributed by atoms with Crippen LogP contribution in [0.15, 0.2) is 36.6 Å². The number of fused-ring (bicyclic) bond motifs is 1. The van der Waals surface area contributed by atoms with Crippen LogP contribution in [0, 0.1) is 17.7 Å². The molecule has 0 aromatic heterocycles. The van der Waals surface area contributed by atoms with Gasteiger partial charge in [-0.2, -0.15) is 0 Å². The first-order chi connectivity index (χ1) is 13.9. The van der Waals surface area contributed by atoms with Gasteiger partial charge < -0.3 is 18.9 Å². The zero-order valence-corrected chi connectivity index (χ0v) is 16.8. The van der Waals surface area contributed by atoms with Gasteiger partial charge in [0.15, 0.2) is 12.6 Å². The lowest BCUT2D eigenvalue weighted by Gasteiger charge is -2.38. The molecule has 0 bridgehead atoms. The van der Waals surface area contributed by atoms with Crippen LogP contribution in [0.4, 0.5) is 4.39 Å². The van der Waals surface area contributed by atoms with Gasteiger partial charge in [0.1, 0.15) is 28.5 Å². The van der Waals surface area contributed by atoms with Crippen LogP contribution in [0.1, 0.15) is 35.7 Å². The van der Waals surface area contributed by atoms with E-state index in [9.17, 15) is 14.0 Å². The van der Waals surface area contributed by atoms with E-state index in [2.05, 4.69) is 6.58 Å². The summed E-state index contributed by atoms with van der Waals surface area (Å²) < 4.78 is 36.1. The Bertz CT molecular complexity index is 861. The highest BCUT2D eigenvalue weighted by Crippen LogP contribution is 2.46. The van der Waals surface area contributed by atoms with E-state index in [-0.39, 0.29) is 42.1 Å². The van der Waals surface area contributed by atoms with Gasteiger partial charge in [-0.15, -0.1) is 6.58 Å². The molecule has 1 aliphatic carbocycles. The molecular weight excluding hydrogens is 379 g/mol. The minimum absolute atomic E-state index is 0.0168. The van der Waals surface area contributed by atoms with Gasteiger partial charge in [0.25, 0.3) is 0 Å². The maximum Gasteiger partial charge on any atom is 0.341 e. The van der Waals surface area contributed by atoms with Crippen molar-refractivity contribution >= 4 is 11.8 Å². The van der Waals surface area contributed by atoms with E-state index in [0.29, 0.717) is 24.2 Å². The highest BCUT2D eigenvalue weighted by molar-refractivity contribution is 5.94. The molecular formula is C22H25FO6. The summed E-state index contributed by atoms with van der Waals surface area (Å²) in [6, 6.07) is 2.63. The van der Waals surface area contributed by atoms with Crippen molar-refractivity contribution in [2.75, 3.05) is 21.0 Å². The van der Waals surface area contributed by atoms with Crippen molar-refractivity contribution in [3.8, 4) is 5.75 Å². The molecule has 3 atom stereocenters. The monoisotopic (exact) mass is 404 g/mol. The SMILES string of the molecule is C=CC[C@H]1C[C@]2(C(C)Cc3cc(C(=O)OC)c(OC)cc3F)OCOC2=CC1=O. The maximum atomic E-state index is 14.7. The Morgan fingerprint density at radius 3 is 2.86 bits per heavy atom. The van der Waals surface area contributed by atoms with E-state index in [0.717, 1.165) is 0 Å². The second kappa shape index (κ2) is 8.37. The molecule has 7 heteroatoms. The molecule has 29 heavy (non-hydrogen) atoms. The average molecular weight is 404 g/mol. The molecule has 1 aromatic carbocycles. The molecule has 2 aliphatic rings. The number of carbonyl (C=O) groups is 2. The van der Waals surface area contributed by atoms with E-state index in [4.69, 9.17) is 18.9 Å². The van der Waals surface area contributed by atoms with Crippen LogP contribution in [-0.4, -0.2) is 38.4 Å². The second-order valence-electron chi connectivity index (χ2n) is 7.37. The molecule has 0 saturated carbocycles. The normalized spacial score (nSPS) is 24.2. The number of benzene rings is 1. The van der Waals surface area contributed by atoms with Crippen LogP contribution < -0.4 is 4.74 Å². The largest absolute Gasteiger partial charge is 0.496 e. The van der Waals surface area contributed by atoms with Crippen LogP contribution in [0.25, 0.3) is 0 Å². The number of allylic oxidation sites excluding steroid dienone is 2. The minimum Gasteiger partial charge on any atom is -0.496 e. The van der Waals surface area contributed by atoms with E-state index in [1.54, 1.807) is 6.08 Å². The Hall–Kier alpha value is -2.67. The van der Waals surface area contributed by atoms with E-state index < -0.39 is 17.4 Å². The summed E-state index contributed by atoms with van der Waals surface area (Å²) in [6.45, 7) is 5.69. The number of ether oxygens (including phenoxy) is 4. The lowest BCUT2D eigenvalue weighted by atomic mass is 9.71. The molecule has 156 valence electrons. The van der Waals surface area contributed by atoms with Crippen molar-refractivity contribution in [2.24, 2.45) is 11.8 Å². The fourth-order valence-corrected chi connectivity index (χ4v) is 4.10. The van der Waals surface area contributed by atoms with Crippen molar-refractivity contribution in [1.82, 2.24) is 0 Å². The number of halogens is 1. The van der Waals surface area contributed by atoms with Gasteiger partial charge in [-0.25, -0.2) is 9.18 Å². The first-order valence-electron chi connectivity index (χ1n) is 9.44. The van der Waals surface area contributed by atoms with Gasteiger partial charge in [-0.1, -0.05) is 13.0 Å². The lowest BCUT2D eigenvalue weighted by Crippen LogP contribution is -2.45. The van der Waals surface area contributed by atoms with Crippen molar-refractivity contribution in [1.29, 1.82) is 0 Å². The lowest BCUT2D eigenvalue weighted by molar-refractivity contribution is -0.123. The van der Waals surface area contributed by atoms with Crippen molar-refractivity contribution in [3.63, 3.8) is 0 Å². The van der Waals surface area contributed by atoms with E-state index in [1.807, 2.05) is 6.92 Å². The average Bonchev–Trinajstić information content (AvgIpc) is 3.12. The highest BCUT2D eigenvalue weighted by Gasteiger charge is 2.51. The molecule has 6 nitrogen and oxygen atoms in total. The predicted octanol–water partition coefficient (Wildman–Crippen LogP) is 3.59. The molecule has 1 aliphatic heterocycles. The Morgan fingerprint density at radius 1 is 1.45 bits per heavy atom. The fourth-order valence-electron chi connectivity index (χ4n) is 4.10. The fraction of sp³-hybridized carbons (Fsp3) is 0.455. The summed E-state index contributed by atoms with van der Waals surface area (Å²) in [6.07, 6.45) is 4.44. The van der Waals surface area contributed by atoms with Crippen molar-refractivity contribution < 1.29 is 32.9 Å². The third-order valence-electron chi connectivity index (χ3n) is 5.72. The number of methoxy groups -OCH3 is 2. The highest BCUT2D eigenvalue weighted by atomic mass is 19.1. The van der Waals surface area contributed by atoms with Gasteiger partial charge >= 0.3 is 5.97 Å². The van der Waals surface area contributed by atoms with Crippen LogP contribution in [0.2, 0.25) is 0 Å². The summed E-state index contributed by atoms with van der Waals surface area (Å²) in [5.74, 6) is -0.994. The van der Waals surface area contributed by atoms with Gasteiger partial charge in [0.2, 0.25) is 0 Å². The zero-order chi connectivity index (χ0) is 21.2. The van der Waals surface area contributed by atoms with Crippen LogP contribution in [0.3, 0.4) is 0 Å². The quantitative estimate of drug-likeness (QED) is 0.511. The van der Waals surface area contributed by atoms with Crippen LogP contribution >= 0.6 is 0 Å². The summed E-state index contributed by atoms with van der Waals surface area (Å²) in [7, 11) is 2.62. The summed E-state index contributed by atoms with van der Waals surface area (Å²) >= 11 is 0. The van der Waals surface area contributed by atoms with Crippen molar-refractivity contribution in [3.05, 3.63) is 53.6 Å². The summed E-state index contributed by atoms with van der Waals surface area (Å²) in [5.41, 5.74) is -0.335. The van der Waals surface area contributed by atoms with Gasteiger partial charge in [-0.05, 0) is 36.8 Å². The zero-order valence-electron chi connectivity index (χ0n) is 16.8. The Morgan fingerprint density at radius 2 is 2.21 bits per heavy atom. The number of rotatable bonds is 7. The molecule has 0 amide bonds. The smallest absolute Gasteiger partial charge is 0.341 e. The molecule has 1 unspecified atom stereocenters. The van der Waals surface area contributed by atoms with Gasteiger partial charge in [-0.3, -0.25) is 4.79 Å². The summed E-state index contributed by atoms with van der Waals surface area (Å²) in [4.78, 5) is 24.4. The van der Waals surface area contributed by atoms with Crippen LogP contribution in [0.5, 0.6) is 5.75 Å². The van der Waals surface area contributed by atoms with E-state index in [1.165, 1.54) is 32.4 Å². The standard InChI is InChI=1S/C22H25FO6/c1-5-6-14-11-22(20(10-18(14)24)28-12-29-22)13(2)7-15-8-16(21(25)27-4)19(26-3)9-17(15)23/h5,8-10,13-14H,1,6-7,11-12H2,2-4H3/t13?,14-,22+/m0/s1. The molecule has 0 spiro atoms. The molecule has 1 saturated heterocycles. The number of carbonyl (C=O) groups excluding carboxylic acids is 2. The number of esters is 1. The Balaban J connectivity index is 1.94. The molecule has 0 N–H and O–H groups in total. The maximum absolute atomic E-state index is 14.7. The minimum atomic E-state index is -0.820. The van der Waals surface area contributed by atoms with Gasteiger partial charge in [0.05, 0.1) is 14.2 Å². The first kappa shape index (κ1) is 21.0. The molecule has 1 fully saturated rings. The third-order valence-corrected chi connectivity index (χ3v) is 5.72. The van der Waals surface area contributed by atoms with E-state index >= 15 is 0 Å².